The van der Waals surface area contributed by atoms with Gasteiger partial charge in [-0.25, -0.2) is 0 Å². The van der Waals surface area contributed by atoms with Gasteiger partial charge in [0.2, 0.25) is 6.79 Å². The van der Waals surface area contributed by atoms with Crippen LogP contribution in [0.4, 0.5) is 0 Å². The molecule has 1 radical (unpaired) electrons. The number of carbonyl (C=O) groups is 1. The number of amides is 1. The van der Waals surface area contributed by atoms with E-state index in [9.17, 15) is 9.90 Å². The zero-order chi connectivity index (χ0) is 27.9. The molecule has 0 bridgehead atoms. The number of aryl methyl sites for hydroxylation is 1. The van der Waals surface area contributed by atoms with Crippen molar-refractivity contribution < 1.29 is 63.4 Å². The van der Waals surface area contributed by atoms with E-state index in [-0.39, 0.29) is 81.2 Å². The monoisotopic (exact) mass is 762 g/mol. The van der Waals surface area contributed by atoms with E-state index in [1.165, 1.54) is 5.56 Å². The first kappa shape index (κ1) is 30.8. The Hall–Kier alpha value is -3.18. The van der Waals surface area contributed by atoms with E-state index < -0.39 is 0 Å². The molecular weight excluding hydrogens is 729 g/mol. The van der Waals surface area contributed by atoms with Crippen LogP contribution in [-0.4, -0.2) is 36.3 Å². The van der Waals surface area contributed by atoms with Crippen LogP contribution in [-0.2, 0) is 12.8 Å². The molecule has 0 spiro atoms. The molecule has 2 atom stereocenters. The van der Waals surface area contributed by atoms with Crippen molar-refractivity contribution in [2.75, 3.05) is 13.4 Å². The van der Waals surface area contributed by atoms with Gasteiger partial charge in [0.15, 0.2) is 11.5 Å². The third kappa shape index (κ3) is 7.98. The van der Waals surface area contributed by atoms with Crippen LogP contribution in [0.15, 0.2) is 97.1 Å². The van der Waals surface area contributed by atoms with Crippen molar-refractivity contribution in [1.29, 1.82) is 5.41 Å². The van der Waals surface area contributed by atoms with Gasteiger partial charge in [0.25, 0.3) is 5.91 Å². The van der Waals surface area contributed by atoms with Crippen LogP contribution >= 0.6 is 0 Å². The number of carbonyl (C=O) groups excluding carboxylic acids is 1. The molecule has 207 valence electrons. The predicted molar refractivity (Wildman–Crippen MR) is 156 cm³/mol. The molecule has 1 aliphatic heterocycles. The van der Waals surface area contributed by atoms with Gasteiger partial charge in [0.1, 0.15) is 5.84 Å². The minimum absolute atomic E-state index is 0. The van der Waals surface area contributed by atoms with Crippen molar-refractivity contribution in [1.82, 2.24) is 5.32 Å². The van der Waals surface area contributed by atoms with Crippen LogP contribution in [0.25, 0.3) is 11.1 Å². The molecule has 0 fully saturated rings. The van der Waals surface area contributed by atoms with Gasteiger partial charge in [-0.3, -0.25) is 10.2 Å². The first-order valence-electron chi connectivity index (χ1n) is 13.4. The summed E-state index contributed by atoms with van der Waals surface area (Å²) < 4.78 is 10.9. The maximum absolute atomic E-state index is 13.4. The Kier molecular flexibility index (Phi) is 11.0. The van der Waals surface area contributed by atoms with Crippen LogP contribution in [0.5, 0.6) is 11.5 Å². The number of benzene rings is 4. The molecule has 0 saturated carbocycles. The molecule has 1 heterocycles. The summed E-state index contributed by atoms with van der Waals surface area (Å²) in [5, 5.41) is 21.4. The number of hydrogen-bond acceptors (Lipinski definition) is 5. The van der Waals surface area contributed by atoms with E-state index in [0.29, 0.717) is 29.7 Å². The van der Waals surface area contributed by atoms with Crippen LogP contribution in [0.3, 0.4) is 0 Å². The minimum atomic E-state index is -0.271. The van der Waals surface area contributed by atoms with Gasteiger partial charge in [0, 0.05) is 73.8 Å². The maximum Gasteiger partial charge on any atom is 0.251 e. The SMILES string of the molecule is N=C(N)c1cccc(CC(CO)C(CCc2ccccc2)NC(=O)c2ccc(-c3ccc4c(c3)OCO4)cc2)c1.[Ac]. The van der Waals surface area contributed by atoms with E-state index in [1.54, 1.807) is 6.07 Å². The molecule has 1 aliphatic rings. The number of nitrogens with one attached hydrogen (secondary N) is 2. The van der Waals surface area contributed by atoms with E-state index in [1.807, 2.05) is 78.9 Å². The van der Waals surface area contributed by atoms with Crippen molar-refractivity contribution in [3.8, 4) is 22.6 Å². The summed E-state index contributed by atoms with van der Waals surface area (Å²) in [6, 6.07) is 30.6. The molecule has 8 heteroatoms. The zero-order valence-corrected chi connectivity index (χ0v) is 27.5. The van der Waals surface area contributed by atoms with Gasteiger partial charge in [-0.2, -0.15) is 0 Å². The predicted octanol–water partition coefficient (Wildman–Crippen LogP) is 4.95. The van der Waals surface area contributed by atoms with Gasteiger partial charge in [-0.1, -0.05) is 66.7 Å². The van der Waals surface area contributed by atoms with Crippen molar-refractivity contribution in [3.63, 3.8) is 0 Å². The van der Waals surface area contributed by atoms with Crippen LogP contribution in [0.2, 0.25) is 0 Å². The number of nitrogens with two attached hydrogens (primary N) is 1. The number of ether oxygens (including phenoxy) is 2. The first-order chi connectivity index (χ1) is 19.5. The molecular formula is C33H33AcN3O4. The van der Waals surface area contributed by atoms with Gasteiger partial charge < -0.3 is 25.6 Å². The smallest absolute Gasteiger partial charge is 0.251 e. The van der Waals surface area contributed by atoms with Crippen LogP contribution in [0.1, 0.15) is 33.5 Å². The second kappa shape index (κ2) is 14.6. The summed E-state index contributed by atoms with van der Waals surface area (Å²) >= 11 is 0. The molecule has 7 nitrogen and oxygen atoms in total. The second-order valence-electron chi connectivity index (χ2n) is 10.0. The number of rotatable bonds is 11. The van der Waals surface area contributed by atoms with E-state index in [4.69, 9.17) is 20.6 Å². The Bertz CT molecular complexity index is 1480. The fourth-order valence-corrected chi connectivity index (χ4v) is 5.04. The Morgan fingerprint density at radius 2 is 1.56 bits per heavy atom. The van der Waals surface area contributed by atoms with Crippen LogP contribution < -0.4 is 20.5 Å². The van der Waals surface area contributed by atoms with Crippen molar-refractivity contribution in [3.05, 3.63) is 119 Å². The molecule has 41 heavy (non-hydrogen) atoms. The topological polar surface area (TPSA) is 118 Å². The van der Waals surface area contributed by atoms with Crippen molar-refractivity contribution >= 4 is 11.7 Å². The van der Waals surface area contributed by atoms with E-state index in [0.717, 1.165) is 28.9 Å². The van der Waals surface area contributed by atoms with Crippen molar-refractivity contribution in [2.24, 2.45) is 11.7 Å². The number of aliphatic hydroxyl groups excluding tert-OH is 1. The Morgan fingerprint density at radius 1 is 0.854 bits per heavy atom. The molecule has 2 unspecified atom stereocenters. The number of fused-ring (bicyclic) bond motifs is 1. The average molecular weight is 763 g/mol. The first-order valence-corrected chi connectivity index (χ1v) is 13.4. The molecule has 0 aromatic heterocycles. The van der Waals surface area contributed by atoms with Gasteiger partial charge in [-0.15, -0.1) is 0 Å². The van der Waals surface area contributed by atoms with E-state index >= 15 is 0 Å². The number of hydrogen-bond donors (Lipinski definition) is 4. The molecule has 1 amide bonds. The third-order valence-electron chi connectivity index (χ3n) is 7.30. The Morgan fingerprint density at radius 3 is 2.29 bits per heavy atom. The minimum Gasteiger partial charge on any atom is -0.454 e. The van der Waals surface area contributed by atoms with Crippen LogP contribution in [0, 0.1) is 55.4 Å². The normalized spacial score (nSPS) is 13.1. The summed E-state index contributed by atoms with van der Waals surface area (Å²) in [7, 11) is 0. The molecule has 5 N–H and O–H groups in total. The molecule has 0 saturated heterocycles. The number of nitrogen functional groups attached to an aromatic ring is 1. The fraction of sp³-hybridized carbons (Fsp3) is 0.212. The van der Waals surface area contributed by atoms with Gasteiger partial charge >= 0.3 is 0 Å². The third-order valence-corrected chi connectivity index (χ3v) is 7.30. The molecule has 5 rings (SSSR count). The summed E-state index contributed by atoms with van der Waals surface area (Å²) in [5.74, 6) is 1.03. The Labute approximate surface area is 276 Å². The summed E-state index contributed by atoms with van der Waals surface area (Å²) in [5.41, 5.74) is 10.9. The summed E-state index contributed by atoms with van der Waals surface area (Å²) in [4.78, 5) is 13.4. The molecule has 4 aromatic carbocycles. The fourth-order valence-electron chi connectivity index (χ4n) is 5.04. The summed E-state index contributed by atoms with van der Waals surface area (Å²) in [6.07, 6.45) is 1.97. The van der Waals surface area contributed by atoms with Gasteiger partial charge in [0.05, 0.1) is 0 Å². The zero-order valence-electron chi connectivity index (χ0n) is 22.8. The van der Waals surface area contributed by atoms with E-state index in [2.05, 4.69) is 17.4 Å². The Balaban J connectivity index is 0.00000387. The maximum atomic E-state index is 13.4. The number of aliphatic hydroxyl groups is 1. The number of amidine groups is 1. The van der Waals surface area contributed by atoms with Crippen molar-refractivity contribution in [2.45, 2.75) is 25.3 Å². The quantitative estimate of drug-likeness (QED) is 0.128. The molecule has 4 aromatic rings. The van der Waals surface area contributed by atoms with Gasteiger partial charge in [-0.05, 0) is 71.8 Å². The molecule has 0 aliphatic carbocycles. The second-order valence-corrected chi connectivity index (χ2v) is 10.0. The standard InChI is InChI=1S/C33H33N3O4.Ac/c34-32(35)27-8-4-7-23(17-27)18-28(20-37)29(15-9-22-5-2-1-3-6-22)36-33(38)25-12-10-24(11-13-25)26-14-16-30-31(19-26)40-21-39-30;/h1-8,10-14,16-17,19,28-29,37H,9,15,18,20-21H2,(H3,34,35)(H,36,38);. The average Bonchev–Trinajstić information content (AvgIpc) is 3.47. The summed E-state index contributed by atoms with van der Waals surface area (Å²) in [6.45, 7) is 0.132. The largest absolute Gasteiger partial charge is 0.454 e.